The third-order valence-corrected chi connectivity index (χ3v) is 3.85. The largest absolute Gasteiger partial charge is 0.507 e. The number of nitrogens with one attached hydrogen (secondary N) is 1. The Morgan fingerprint density at radius 2 is 1.85 bits per heavy atom. The molecule has 0 saturated carbocycles. The number of amides is 1. The van der Waals surface area contributed by atoms with Crippen molar-refractivity contribution in [1.82, 2.24) is 0 Å². The van der Waals surface area contributed by atoms with Crippen LogP contribution in [0.4, 0.5) is 5.69 Å². The minimum atomic E-state index is -0.862. The van der Waals surface area contributed by atoms with Crippen LogP contribution in [-0.4, -0.2) is 16.8 Å². The van der Waals surface area contributed by atoms with E-state index in [2.05, 4.69) is 5.32 Å². The quantitative estimate of drug-likeness (QED) is 0.648. The average molecular weight is 367 g/mol. The van der Waals surface area contributed by atoms with E-state index in [1.807, 2.05) is 0 Å². The molecule has 0 atom stereocenters. The van der Waals surface area contributed by atoms with Crippen molar-refractivity contribution in [3.05, 3.63) is 81.8 Å². The fraction of sp³-hybridized carbons (Fsp3) is 0.150. The SMILES string of the molecule is Cc1cc(O)c(C(=O)Cc2ccc(NC(=O)Cc3ccco3)cc2)c(=O)o1. The molecule has 0 aliphatic carbocycles. The molecule has 0 aliphatic rings. The predicted molar refractivity (Wildman–Crippen MR) is 96.9 cm³/mol. The van der Waals surface area contributed by atoms with Gasteiger partial charge in [-0.15, -0.1) is 0 Å². The van der Waals surface area contributed by atoms with E-state index in [0.717, 1.165) is 0 Å². The van der Waals surface area contributed by atoms with E-state index in [9.17, 15) is 19.5 Å². The summed E-state index contributed by atoms with van der Waals surface area (Å²) in [7, 11) is 0. The molecule has 1 aromatic carbocycles. The summed E-state index contributed by atoms with van der Waals surface area (Å²) < 4.78 is 9.98. The van der Waals surface area contributed by atoms with E-state index in [-0.39, 0.29) is 30.1 Å². The minimum absolute atomic E-state index is 0.0813. The van der Waals surface area contributed by atoms with Gasteiger partial charge in [-0.1, -0.05) is 12.1 Å². The molecule has 0 unspecified atom stereocenters. The van der Waals surface area contributed by atoms with Crippen molar-refractivity contribution in [1.29, 1.82) is 0 Å². The molecule has 7 heteroatoms. The van der Waals surface area contributed by atoms with Crippen LogP contribution < -0.4 is 10.9 Å². The van der Waals surface area contributed by atoms with E-state index in [0.29, 0.717) is 17.0 Å². The number of Topliss-reactive ketones (excluding diaryl/α,β-unsaturated/α-hetero) is 1. The van der Waals surface area contributed by atoms with Crippen molar-refractivity contribution in [2.75, 3.05) is 5.32 Å². The third kappa shape index (κ3) is 4.52. The topological polar surface area (TPSA) is 110 Å². The Balaban J connectivity index is 1.65. The van der Waals surface area contributed by atoms with Gasteiger partial charge in [0, 0.05) is 18.2 Å². The molecule has 0 bridgehead atoms. The number of ketones is 1. The van der Waals surface area contributed by atoms with Crippen molar-refractivity contribution < 1.29 is 23.5 Å². The van der Waals surface area contributed by atoms with Crippen molar-refractivity contribution in [3.8, 4) is 5.75 Å². The van der Waals surface area contributed by atoms with Gasteiger partial charge in [-0.3, -0.25) is 9.59 Å². The zero-order valence-corrected chi connectivity index (χ0v) is 14.5. The van der Waals surface area contributed by atoms with E-state index in [4.69, 9.17) is 8.83 Å². The van der Waals surface area contributed by atoms with Crippen LogP contribution in [0.25, 0.3) is 0 Å². The third-order valence-electron chi connectivity index (χ3n) is 3.85. The fourth-order valence-electron chi connectivity index (χ4n) is 2.61. The van der Waals surface area contributed by atoms with E-state index >= 15 is 0 Å². The highest BCUT2D eigenvalue weighted by molar-refractivity contribution is 5.99. The molecule has 0 radical (unpaired) electrons. The Morgan fingerprint density at radius 1 is 1.11 bits per heavy atom. The van der Waals surface area contributed by atoms with Crippen LogP contribution in [0.5, 0.6) is 5.75 Å². The van der Waals surface area contributed by atoms with Gasteiger partial charge in [-0.25, -0.2) is 4.79 Å². The maximum atomic E-state index is 12.3. The Morgan fingerprint density at radius 3 is 2.48 bits per heavy atom. The first-order chi connectivity index (χ1) is 12.9. The molecule has 3 aromatic rings. The second-order valence-corrected chi connectivity index (χ2v) is 6.01. The van der Waals surface area contributed by atoms with Crippen LogP contribution >= 0.6 is 0 Å². The Kier molecular flexibility index (Phi) is 5.21. The standard InChI is InChI=1S/C20H17NO6/c1-12-9-16(22)19(20(25)27-12)17(23)10-13-4-6-14(7-5-13)21-18(24)11-15-3-2-8-26-15/h2-9,22H,10-11H2,1H3,(H,21,24). The molecule has 0 spiro atoms. The normalized spacial score (nSPS) is 10.6. The maximum Gasteiger partial charge on any atom is 0.350 e. The van der Waals surface area contributed by atoms with Gasteiger partial charge in [0.1, 0.15) is 22.8 Å². The summed E-state index contributed by atoms with van der Waals surface area (Å²) in [5.74, 6) is -0.377. The number of furan rings is 1. The lowest BCUT2D eigenvalue weighted by Gasteiger charge is -2.06. The number of hydrogen-bond acceptors (Lipinski definition) is 6. The number of carbonyl (C=O) groups excluding carboxylic acids is 2. The highest BCUT2D eigenvalue weighted by atomic mass is 16.4. The zero-order chi connectivity index (χ0) is 19.4. The lowest BCUT2D eigenvalue weighted by molar-refractivity contribution is -0.115. The first-order valence-corrected chi connectivity index (χ1v) is 8.20. The predicted octanol–water partition coefficient (Wildman–Crippen LogP) is 2.85. The fourth-order valence-corrected chi connectivity index (χ4v) is 2.61. The van der Waals surface area contributed by atoms with Gasteiger partial charge in [-0.2, -0.15) is 0 Å². The molecule has 2 heterocycles. The van der Waals surface area contributed by atoms with Crippen LogP contribution in [0.3, 0.4) is 0 Å². The van der Waals surface area contributed by atoms with Crippen molar-refractivity contribution in [2.24, 2.45) is 0 Å². The minimum Gasteiger partial charge on any atom is -0.507 e. The summed E-state index contributed by atoms with van der Waals surface area (Å²) in [6.45, 7) is 1.51. The molecule has 2 aromatic heterocycles. The van der Waals surface area contributed by atoms with Gasteiger partial charge >= 0.3 is 5.63 Å². The van der Waals surface area contributed by atoms with Gasteiger partial charge in [0.2, 0.25) is 5.91 Å². The molecule has 3 rings (SSSR count). The van der Waals surface area contributed by atoms with Crippen molar-refractivity contribution in [3.63, 3.8) is 0 Å². The molecule has 1 amide bonds. The molecule has 2 N–H and O–H groups in total. The molecule has 138 valence electrons. The lowest BCUT2D eigenvalue weighted by Crippen LogP contribution is -2.16. The van der Waals surface area contributed by atoms with Crippen LogP contribution in [0.15, 0.2) is 62.4 Å². The number of anilines is 1. The smallest absolute Gasteiger partial charge is 0.350 e. The summed E-state index contributed by atoms with van der Waals surface area (Å²) in [5.41, 5.74) is -0.0282. The van der Waals surface area contributed by atoms with Crippen LogP contribution in [-0.2, 0) is 17.6 Å². The molecule has 0 aliphatic heterocycles. The second-order valence-electron chi connectivity index (χ2n) is 6.01. The zero-order valence-electron chi connectivity index (χ0n) is 14.5. The number of carbonyl (C=O) groups is 2. The lowest BCUT2D eigenvalue weighted by atomic mass is 10.0. The van der Waals surface area contributed by atoms with Crippen molar-refractivity contribution in [2.45, 2.75) is 19.8 Å². The van der Waals surface area contributed by atoms with Crippen LogP contribution in [0, 0.1) is 6.92 Å². The molecule has 0 saturated heterocycles. The summed E-state index contributed by atoms with van der Waals surface area (Å²) in [4.78, 5) is 36.0. The summed E-state index contributed by atoms with van der Waals surface area (Å²) in [6, 6.07) is 11.3. The summed E-state index contributed by atoms with van der Waals surface area (Å²) >= 11 is 0. The number of aryl methyl sites for hydroxylation is 1. The molecule has 0 fully saturated rings. The second kappa shape index (κ2) is 7.74. The first-order valence-electron chi connectivity index (χ1n) is 8.20. The van der Waals surface area contributed by atoms with E-state index in [1.165, 1.54) is 19.3 Å². The number of aromatic hydroxyl groups is 1. The maximum absolute atomic E-state index is 12.3. The summed E-state index contributed by atoms with van der Waals surface area (Å²) in [6.07, 6.45) is 1.54. The Labute approximate surface area is 154 Å². The number of hydrogen-bond donors (Lipinski definition) is 2. The van der Waals surface area contributed by atoms with Gasteiger partial charge in [0.05, 0.1) is 12.7 Å². The monoisotopic (exact) mass is 367 g/mol. The number of benzene rings is 1. The Hall–Kier alpha value is -3.61. The Bertz CT molecular complexity index is 1020. The van der Waals surface area contributed by atoms with Gasteiger partial charge in [0.25, 0.3) is 0 Å². The van der Waals surface area contributed by atoms with Gasteiger partial charge in [-0.05, 0) is 36.8 Å². The van der Waals surface area contributed by atoms with Crippen LogP contribution in [0.1, 0.15) is 27.4 Å². The van der Waals surface area contributed by atoms with Crippen molar-refractivity contribution >= 4 is 17.4 Å². The summed E-state index contributed by atoms with van der Waals surface area (Å²) in [5, 5.41) is 12.6. The van der Waals surface area contributed by atoms with Gasteiger partial charge in [0.15, 0.2) is 5.78 Å². The van der Waals surface area contributed by atoms with Crippen LogP contribution in [0.2, 0.25) is 0 Å². The van der Waals surface area contributed by atoms with E-state index in [1.54, 1.807) is 36.4 Å². The molecular weight excluding hydrogens is 350 g/mol. The molecule has 7 nitrogen and oxygen atoms in total. The van der Waals surface area contributed by atoms with E-state index < -0.39 is 17.2 Å². The molecule has 27 heavy (non-hydrogen) atoms. The average Bonchev–Trinajstić information content (AvgIpc) is 3.08. The highest BCUT2D eigenvalue weighted by Crippen LogP contribution is 2.18. The number of rotatable bonds is 6. The molecular formula is C20H17NO6. The highest BCUT2D eigenvalue weighted by Gasteiger charge is 2.18. The first kappa shape index (κ1) is 18.2. The van der Waals surface area contributed by atoms with Gasteiger partial charge < -0.3 is 19.3 Å².